The molecule has 1 fully saturated rings. The summed E-state index contributed by atoms with van der Waals surface area (Å²) in [4.78, 5) is 22.7. The first kappa shape index (κ1) is 19.8. The summed E-state index contributed by atoms with van der Waals surface area (Å²) in [6, 6.07) is 10.9. The third-order valence-electron chi connectivity index (χ3n) is 4.74. The van der Waals surface area contributed by atoms with Crippen LogP contribution in [0.3, 0.4) is 0 Å². The Morgan fingerprint density at radius 3 is 2.77 bits per heavy atom. The Labute approximate surface area is 173 Å². The molecule has 3 aromatic rings. The normalized spacial score (nSPS) is 13.7. The standard InChI is InChI=1S/C21H22N4O5/c1-27-10-9-18-23-20(30-24-18)16-5-3-4-6-17(16)29-15-12-25(13-15)21(26)14-7-8-19(28-2)22-11-14/h3-8,11,15H,9-10,12-13H2,1-2H3. The molecule has 156 valence electrons. The van der Waals surface area contributed by atoms with Crippen molar-refractivity contribution in [2.24, 2.45) is 0 Å². The van der Waals surface area contributed by atoms with E-state index in [9.17, 15) is 4.79 Å². The minimum Gasteiger partial charge on any atom is -0.486 e. The number of likely N-dealkylation sites (tertiary alicyclic amines) is 1. The number of para-hydroxylation sites is 1. The van der Waals surface area contributed by atoms with Crippen molar-refractivity contribution in [1.82, 2.24) is 20.0 Å². The molecule has 4 rings (SSSR count). The molecule has 0 aliphatic carbocycles. The van der Waals surface area contributed by atoms with Crippen molar-refractivity contribution in [3.05, 3.63) is 54.0 Å². The highest BCUT2D eigenvalue weighted by molar-refractivity contribution is 5.94. The molecule has 0 bridgehead atoms. The van der Waals surface area contributed by atoms with E-state index in [0.717, 1.165) is 5.56 Å². The van der Waals surface area contributed by atoms with E-state index >= 15 is 0 Å². The number of benzene rings is 1. The number of aromatic nitrogens is 3. The lowest BCUT2D eigenvalue weighted by Gasteiger charge is -2.39. The molecule has 3 heterocycles. The van der Waals surface area contributed by atoms with E-state index in [4.69, 9.17) is 18.7 Å². The van der Waals surface area contributed by atoms with Gasteiger partial charge in [0.25, 0.3) is 11.8 Å². The van der Waals surface area contributed by atoms with Crippen LogP contribution in [0.5, 0.6) is 11.6 Å². The van der Waals surface area contributed by atoms with Crippen LogP contribution in [0.15, 0.2) is 47.1 Å². The van der Waals surface area contributed by atoms with E-state index in [1.807, 2.05) is 24.3 Å². The van der Waals surface area contributed by atoms with Crippen LogP contribution in [0.1, 0.15) is 16.2 Å². The average Bonchev–Trinajstić information content (AvgIpc) is 3.23. The lowest BCUT2D eigenvalue weighted by atomic mass is 10.1. The van der Waals surface area contributed by atoms with E-state index in [1.165, 1.54) is 13.3 Å². The van der Waals surface area contributed by atoms with Crippen LogP contribution in [-0.2, 0) is 11.2 Å². The fraction of sp³-hybridized carbons (Fsp3) is 0.333. The van der Waals surface area contributed by atoms with E-state index in [-0.39, 0.29) is 12.0 Å². The molecular weight excluding hydrogens is 388 g/mol. The van der Waals surface area contributed by atoms with Gasteiger partial charge in [-0.2, -0.15) is 4.98 Å². The summed E-state index contributed by atoms with van der Waals surface area (Å²) in [7, 11) is 3.16. The molecule has 0 radical (unpaired) electrons. The molecule has 0 atom stereocenters. The van der Waals surface area contributed by atoms with Crippen LogP contribution in [-0.4, -0.2) is 66.0 Å². The molecule has 9 heteroatoms. The molecule has 1 aromatic carbocycles. The summed E-state index contributed by atoms with van der Waals surface area (Å²) >= 11 is 0. The van der Waals surface area contributed by atoms with E-state index in [1.54, 1.807) is 24.1 Å². The van der Waals surface area contributed by atoms with Crippen LogP contribution < -0.4 is 9.47 Å². The summed E-state index contributed by atoms with van der Waals surface area (Å²) in [5, 5.41) is 3.98. The number of ether oxygens (including phenoxy) is 3. The monoisotopic (exact) mass is 410 g/mol. The number of hydrogen-bond donors (Lipinski definition) is 0. The Morgan fingerprint density at radius 2 is 2.03 bits per heavy atom. The first-order chi connectivity index (χ1) is 14.7. The Morgan fingerprint density at radius 1 is 1.20 bits per heavy atom. The largest absolute Gasteiger partial charge is 0.486 e. The average molecular weight is 410 g/mol. The zero-order chi connectivity index (χ0) is 20.9. The van der Waals surface area contributed by atoms with Crippen LogP contribution >= 0.6 is 0 Å². The summed E-state index contributed by atoms with van der Waals surface area (Å²) in [6.45, 7) is 1.50. The van der Waals surface area contributed by atoms with Gasteiger partial charge in [-0.05, 0) is 18.2 Å². The molecule has 1 saturated heterocycles. The Bertz CT molecular complexity index is 999. The zero-order valence-electron chi connectivity index (χ0n) is 16.8. The molecule has 1 aliphatic heterocycles. The van der Waals surface area contributed by atoms with Crippen LogP contribution in [0, 0.1) is 0 Å². The third kappa shape index (κ3) is 4.25. The van der Waals surface area contributed by atoms with Crippen molar-refractivity contribution in [1.29, 1.82) is 0 Å². The fourth-order valence-corrected chi connectivity index (χ4v) is 3.07. The van der Waals surface area contributed by atoms with E-state index < -0.39 is 0 Å². The number of rotatable bonds is 8. The molecular formula is C21H22N4O5. The van der Waals surface area contributed by atoms with Gasteiger partial charge in [-0.25, -0.2) is 4.98 Å². The van der Waals surface area contributed by atoms with Gasteiger partial charge >= 0.3 is 0 Å². The summed E-state index contributed by atoms with van der Waals surface area (Å²) in [6.07, 6.45) is 1.97. The van der Waals surface area contributed by atoms with Gasteiger partial charge in [-0.1, -0.05) is 17.3 Å². The van der Waals surface area contributed by atoms with Gasteiger partial charge < -0.3 is 23.6 Å². The van der Waals surface area contributed by atoms with Crippen LogP contribution in [0.4, 0.5) is 0 Å². The highest BCUT2D eigenvalue weighted by Gasteiger charge is 2.33. The van der Waals surface area contributed by atoms with Crippen molar-refractivity contribution in [2.75, 3.05) is 33.9 Å². The van der Waals surface area contributed by atoms with Crippen molar-refractivity contribution in [2.45, 2.75) is 12.5 Å². The molecule has 0 saturated carbocycles. The first-order valence-corrected chi connectivity index (χ1v) is 9.55. The van der Waals surface area contributed by atoms with Gasteiger partial charge in [-0.3, -0.25) is 4.79 Å². The number of methoxy groups -OCH3 is 2. The molecule has 0 spiro atoms. The highest BCUT2D eigenvalue weighted by Crippen LogP contribution is 2.31. The van der Waals surface area contributed by atoms with Crippen molar-refractivity contribution < 1.29 is 23.5 Å². The summed E-state index contributed by atoms with van der Waals surface area (Å²) in [5.74, 6) is 2.00. The quantitative estimate of drug-likeness (QED) is 0.557. The summed E-state index contributed by atoms with van der Waals surface area (Å²) in [5.41, 5.74) is 1.24. The zero-order valence-corrected chi connectivity index (χ0v) is 16.8. The molecule has 0 N–H and O–H groups in total. The Kier molecular flexibility index (Phi) is 5.89. The smallest absolute Gasteiger partial charge is 0.261 e. The van der Waals surface area contributed by atoms with Crippen molar-refractivity contribution in [3.63, 3.8) is 0 Å². The second-order valence-electron chi connectivity index (χ2n) is 6.79. The number of carbonyl (C=O) groups excluding carboxylic acids is 1. The second-order valence-corrected chi connectivity index (χ2v) is 6.79. The first-order valence-electron chi connectivity index (χ1n) is 9.55. The highest BCUT2D eigenvalue weighted by atomic mass is 16.5. The summed E-state index contributed by atoms with van der Waals surface area (Å²) < 4.78 is 21.5. The predicted molar refractivity (Wildman–Crippen MR) is 106 cm³/mol. The minimum atomic E-state index is -0.114. The molecule has 2 aromatic heterocycles. The van der Waals surface area contributed by atoms with Gasteiger partial charge in [0.05, 0.1) is 37.9 Å². The van der Waals surface area contributed by atoms with E-state index in [0.29, 0.717) is 55.0 Å². The molecule has 9 nitrogen and oxygen atoms in total. The molecule has 0 unspecified atom stereocenters. The van der Waals surface area contributed by atoms with Crippen molar-refractivity contribution >= 4 is 5.91 Å². The van der Waals surface area contributed by atoms with Gasteiger partial charge in [0, 0.05) is 25.8 Å². The lowest BCUT2D eigenvalue weighted by Crippen LogP contribution is -2.56. The van der Waals surface area contributed by atoms with Gasteiger partial charge in [0.2, 0.25) is 5.88 Å². The molecule has 1 amide bonds. The minimum absolute atomic E-state index is 0.0852. The predicted octanol–water partition coefficient (Wildman–Crippen LogP) is 2.23. The SMILES string of the molecule is COCCc1noc(-c2ccccc2OC2CN(C(=O)c3ccc(OC)nc3)C2)n1. The van der Waals surface area contributed by atoms with E-state index in [2.05, 4.69) is 15.1 Å². The van der Waals surface area contributed by atoms with Crippen LogP contribution in [0.25, 0.3) is 11.5 Å². The van der Waals surface area contributed by atoms with Gasteiger partial charge in [0.15, 0.2) is 5.82 Å². The maximum atomic E-state index is 12.5. The topological polar surface area (TPSA) is 99.8 Å². The number of carbonyl (C=O) groups is 1. The lowest BCUT2D eigenvalue weighted by molar-refractivity contribution is 0.0179. The second kappa shape index (κ2) is 8.91. The fourth-order valence-electron chi connectivity index (χ4n) is 3.07. The van der Waals surface area contributed by atoms with Gasteiger partial charge in [0.1, 0.15) is 11.9 Å². The molecule has 30 heavy (non-hydrogen) atoms. The number of amides is 1. The number of nitrogens with zero attached hydrogens (tertiary/aromatic N) is 4. The maximum Gasteiger partial charge on any atom is 0.261 e. The number of pyridine rings is 1. The van der Waals surface area contributed by atoms with Crippen molar-refractivity contribution in [3.8, 4) is 23.1 Å². The van der Waals surface area contributed by atoms with Gasteiger partial charge in [-0.15, -0.1) is 0 Å². The molecule has 1 aliphatic rings. The number of hydrogen-bond acceptors (Lipinski definition) is 8. The third-order valence-corrected chi connectivity index (χ3v) is 4.74. The Hall–Kier alpha value is -3.46. The van der Waals surface area contributed by atoms with Crippen LogP contribution in [0.2, 0.25) is 0 Å². The maximum absolute atomic E-state index is 12.5. The Balaban J connectivity index is 1.38.